The quantitative estimate of drug-likeness (QED) is 0.787. The van der Waals surface area contributed by atoms with Crippen LogP contribution in [0.5, 0.6) is 0 Å². The van der Waals surface area contributed by atoms with Crippen LogP contribution in [-0.4, -0.2) is 22.6 Å². The third-order valence-corrected chi connectivity index (χ3v) is 4.43. The molecule has 4 nitrogen and oxygen atoms in total. The van der Waals surface area contributed by atoms with Gasteiger partial charge in [-0.25, -0.2) is 4.79 Å². The van der Waals surface area contributed by atoms with Crippen LogP contribution in [0.1, 0.15) is 21.5 Å². The van der Waals surface area contributed by atoms with Crippen LogP contribution >= 0.6 is 0 Å². The maximum absolute atomic E-state index is 11.2. The molecule has 0 radical (unpaired) electrons. The molecule has 0 fully saturated rings. The number of rotatable bonds is 2. The van der Waals surface area contributed by atoms with Crippen molar-refractivity contribution in [3.05, 3.63) is 71.4 Å². The van der Waals surface area contributed by atoms with Gasteiger partial charge in [-0.15, -0.1) is 0 Å². The number of nitrogens with zero attached hydrogens (tertiary/aromatic N) is 2. The lowest BCUT2D eigenvalue weighted by atomic mass is 9.96. The minimum atomic E-state index is -0.892. The van der Waals surface area contributed by atoms with E-state index in [1.54, 1.807) is 18.2 Å². The van der Waals surface area contributed by atoms with E-state index in [2.05, 4.69) is 16.0 Å². The van der Waals surface area contributed by atoms with Crippen LogP contribution in [0, 0.1) is 0 Å². The lowest BCUT2D eigenvalue weighted by Gasteiger charge is -2.31. The molecule has 0 bridgehead atoms. The Morgan fingerprint density at radius 2 is 2.00 bits per heavy atom. The summed E-state index contributed by atoms with van der Waals surface area (Å²) in [5, 5.41) is 10.4. The molecule has 3 aromatic rings. The number of carbonyl (C=O) groups is 1. The summed E-state index contributed by atoms with van der Waals surface area (Å²) in [5.74, 6) is -0.892. The highest BCUT2D eigenvalue weighted by atomic mass is 16.4. The van der Waals surface area contributed by atoms with Gasteiger partial charge in [0.05, 0.1) is 11.1 Å². The Morgan fingerprint density at radius 3 is 2.87 bits per heavy atom. The van der Waals surface area contributed by atoms with Crippen LogP contribution in [0.3, 0.4) is 0 Å². The number of para-hydroxylation sites is 1. The number of aromatic nitrogens is 1. The molecule has 0 unspecified atom stereocenters. The second kappa shape index (κ2) is 5.39. The van der Waals surface area contributed by atoms with E-state index in [9.17, 15) is 4.79 Å². The lowest BCUT2D eigenvalue weighted by Crippen LogP contribution is -2.30. The van der Waals surface area contributed by atoms with Crippen molar-refractivity contribution in [3.8, 4) is 0 Å². The molecule has 4 rings (SSSR count). The van der Waals surface area contributed by atoms with Gasteiger partial charge in [0.1, 0.15) is 0 Å². The number of aromatic carboxylic acids is 1. The summed E-state index contributed by atoms with van der Waals surface area (Å²) in [6, 6.07) is 15.3. The summed E-state index contributed by atoms with van der Waals surface area (Å²) >= 11 is 0. The first kappa shape index (κ1) is 13.8. The van der Waals surface area contributed by atoms with Gasteiger partial charge in [0.25, 0.3) is 0 Å². The Hall–Kier alpha value is -2.88. The van der Waals surface area contributed by atoms with E-state index in [0.29, 0.717) is 5.56 Å². The number of anilines is 1. The monoisotopic (exact) mass is 304 g/mol. The Bertz CT molecular complexity index is 905. The molecule has 0 aliphatic carbocycles. The van der Waals surface area contributed by atoms with Crippen molar-refractivity contribution in [1.29, 1.82) is 0 Å². The van der Waals surface area contributed by atoms with E-state index in [1.807, 2.05) is 30.5 Å². The standard InChI is InChI=1S/C19H16N2O2/c22-19(23)13-4-3-5-15(10-13)21-9-8-16-14(12-21)11-20-18-7-2-1-6-17(16)18/h1-7,10-11H,8-9,12H2,(H,22,23). The van der Waals surface area contributed by atoms with Crippen LogP contribution in [0.25, 0.3) is 10.9 Å². The van der Waals surface area contributed by atoms with Gasteiger partial charge in [-0.1, -0.05) is 24.3 Å². The van der Waals surface area contributed by atoms with Crippen LogP contribution < -0.4 is 4.90 Å². The van der Waals surface area contributed by atoms with E-state index in [0.717, 1.165) is 30.7 Å². The minimum Gasteiger partial charge on any atom is -0.478 e. The molecule has 23 heavy (non-hydrogen) atoms. The summed E-state index contributed by atoms with van der Waals surface area (Å²) < 4.78 is 0. The van der Waals surface area contributed by atoms with E-state index in [1.165, 1.54) is 16.5 Å². The van der Waals surface area contributed by atoms with Crippen LogP contribution in [-0.2, 0) is 13.0 Å². The van der Waals surface area contributed by atoms with Gasteiger partial charge >= 0.3 is 5.97 Å². The third kappa shape index (κ3) is 2.42. The van der Waals surface area contributed by atoms with Gasteiger partial charge in [0.2, 0.25) is 0 Å². The van der Waals surface area contributed by atoms with Crippen molar-refractivity contribution < 1.29 is 9.90 Å². The zero-order valence-electron chi connectivity index (χ0n) is 12.6. The fraction of sp³-hybridized carbons (Fsp3) is 0.158. The van der Waals surface area contributed by atoms with E-state index >= 15 is 0 Å². The van der Waals surface area contributed by atoms with Gasteiger partial charge < -0.3 is 10.0 Å². The summed E-state index contributed by atoms with van der Waals surface area (Å²) in [7, 11) is 0. The van der Waals surface area contributed by atoms with Crippen LogP contribution in [0.15, 0.2) is 54.7 Å². The summed E-state index contributed by atoms with van der Waals surface area (Å²) in [6.45, 7) is 1.64. The Morgan fingerprint density at radius 1 is 1.13 bits per heavy atom. The summed E-state index contributed by atoms with van der Waals surface area (Å²) in [5.41, 5.74) is 4.89. The van der Waals surface area contributed by atoms with Crippen molar-refractivity contribution in [2.24, 2.45) is 0 Å². The molecular formula is C19H16N2O2. The summed E-state index contributed by atoms with van der Waals surface area (Å²) in [6.07, 6.45) is 2.89. The van der Waals surface area contributed by atoms with E-state index in [4.69, 9.17) is 5.11 Å². The fourth-order valence-electron chi connectivity index (χ4n) is 3.26. The van der Waals surface area contributed by atoms with Crippen molar-refractivity contribution in [2.75, 3.05) is 11.4 Å². The molecule has 0 atom stereocenters. The van der Waals surface area contributed by atoms with Gasteiger partial charge in [0, 0.05) is 30.4 Å². The molecule has 1 aromatic heterocycles. The Balaban J connectivity index is 1.70. The predicted molar refractivity (Wildman–Crippen MR) is 89.9 cm³/mol. The van der Waals surface area contributed by atoms with E-state index in [-0.39, 0.29) is 0 Å². The number of fused-ring (bicyclic) bond motifs is 3. The lowest BCUT2D eigenvalue weighted by molar-refractivity contribution is 0.0697. The average molecular weight is 304 g/mol. The van der Waals surface area contributed by atoms with Crippen molar-refractivity contribution in [3.63, 3.8) is 0 Å². The van der Waals surface area contributed by atoms with Gasteiger partial charge in [0.15, 0.2) is 0 Å². The fourth-order valence-corrected chi connectivity index (χ4v) is 3.26. The molecule has 0 amide bonds. The first-order valence-electron chi connectivity index (χ1n) is 7.66. The van der Waals surface area contributed by atoms with Gasteiger partial charge in [-0.2, -0.15) is 0 Å². The minimum absolute atomic E-state index is 0.324. The van der Waals surface area contributed by atoms with Crippen LogP contribution in [0.4, 0.5) is 5.69 Å². The molecule has 114 valence electrons. The molecule has 1 aliphatic rings. The highest BCUT2D eigenvalue weighted by Crippen LogP contribution is 2.29. The SMILES string of the molecule is O=C(O)c1cccc(N2CCc3c(cnc4ccccc34)C2)c1. The van der Waals surface area contributed by atoms with Crippen molar-refractivity contribution in [2.45, 2.75) is 13.0 Å². The van der Waals surface area contributed by atoms with Gasteiger partial charge in [-0.05, 0) is 41.8 Å². The molecule has 2 aromatic carbocycles. The molecule has 0 saturated carbocycles. The Labute approximate surface area is 134 Å². The summed E-state index contributed by atoms with van der Waals surface area (Å²) in [4.78, 5) is 17.9. The molecule has 1 aliphatic heterocycles. The number of carboxylic acid groups (broad SMARTS) is 1. The number of carboxylic acids is 1. The predicted octanol–water partition coefficient (Wildman–Crippen LogP) is 3.50. The number of benzene rings is 2. The van der Waals surface area contributed by atoms with Crippen LogP contribution in [0.2, 0.25) is 0 Å². The Kier molecular flexibility index (Phi) is 3.23. The van der Waals surface area contributed by atoms with Crippen molar-refractivity contribution >= 4 is 22.6 Å². The topological polar surface area (TPSA) is 53.4 Å². The average Bonchev–Trinajstić information content (AvgIpc) is 2.61. The second-order valence-electron chi connectivity index (χ2n) is 5.81. The van der Waals surface area contributed by atoms with Gasteiger partial charge in [-0.3, -0.25) is 4.98 Å². The number of pyridine rings is 1. The zero-order chi connectivity index (χ0) is 15.8. The molecule has 0 spiro atoms. The first-order chi connectivity index (χ1) is 11.2. The second-order valence-corrected chi connectivity index (χ2v) is 5.81. The third-order valence-electron chi connectivity index (χ3n) is 4.43. The molecule has 1 N–H and O–H groups in total. The van der Waals surface area contributed by atoms with Crippen molar-refractivity contribution in [1.82, 2.24) is 4.98 Å². The number of hydrogen-bond acceptors (Lipinski definition) is 3. The smallest absolute Gasteiger partial charge is 0.335 e. The molecule has 0 saturated heterocycles. The maximum atomic E-state index is 11.2. The molecular weight excluding hydrogens is 288 g/mol. The van der Waals surface area contributed by atoms with E-state index < -0.39 is 5.97 Å². The first-order valence-corrected chi connectivity index (χ1v) is 7.66. The normalized spacial score (nSPS) is 13.8. The molecule has 4 heteroatoms. The number of hydrogen-bond donors (Lipinski definition) is 1. The highest BCUT2D eigenvalue weighted by Gasteiger charge is 2.19. The largest absolute Gasteiger partial charge is 0.478 e. The highest BCUT2D eigenvalue weighted by molar-refractivity contribution is 5.89. The molecule has 2 heterocycles. The maximum Gasteiger partial charge on any atom is 0.335 e. The zero-order valence-corrected chi connectivity index (χ0v) is 12.6.